The zero-order valence-corrected chi connectivity index (χ0v) is 16.2. The van der Waals surface area contributed by atoms with Crippen molar-refractivity contribution < 1.29 is 28.3 Å². The SMILES string of the molecule is CCOC(=O)c1c(NC(=O)COC(=O)c2cc(C)oc2C)sc(C)c1C. The van der Waals surface area contributed by atoms with Gasteiger partial charge in [-0.2, -0.15) is 0 Å². The molecule has 2 rings (SSSR count). The Morgan fingerprint density at radius 3 is 2.38 bits per heavy atom. The molecule has 0 fully saturated rings. The fourth-order valence-electron chi connectivity index (χ4n) is 2.37. The lowest BCUT2D eigenvalue weighted by atomic mass is 10.1. The number of furan rings is 1. The van der Waals surface area contributed by atoms with Gasteiger partial charge in [-0.3, -0.25) is 4.79 Å². The Balaban J connectivity index is 2.04. The molecule has 0 saturated heterocycles. The molecular weight excluding hydrogens is 358 g/mol. The summed E-state index contributed by atoms with van der Waals surface area (Å²) in [6, 6.07) is 1.56. The maximum absolute atomic E-state index is 12.1. The van der Waals surface area contributed by atoms with Crippen molar-refractivity contribution in [3.8, 4) is 0 Å². The van der Waals surface area contributed by atoms with Gasteiger partial charge in [-0.15, -0.1) is 11.3 Å². The lowest BCUT2D eigenvalue weighted by Gasteiger charge is -2.07. The van der Waals surface area contributed by atoms with Crippen molar-refractivity contribution in [1.29, 1.82) is 0 Å². The van der Waals surface area contributed by atoms with E-state index in [0.29, 0.717) is 22.1 Å². The van der Waals surface area contributed by atoms with Crippen LogP contribution >= 0.6 is 11.3 Å². The molecule has 8 heteroatoms. The summed E-state index contributed by atoms with van der Waals surface area (Å²) in [5, 5.41) is 3.00. The lowest BCUT2D eigenvalue weighted by molar-refractivity contribution is -0.119. The summed E-state index contributed by atoms with van der Waals surface area (Å²) >= 11 is 1.27. The van der Waals surface area contributed by atoms with E-state index >= 15 is 0 Å². The molecule has 0 unspecified atom stereocenters. The summed E-state index contributed by atoms with van der Waals surface area (Å²) in [4.78, 5) is 37.2. The first kappa shape index (κ1) is 19.7. The van der Waals surface area contributed by atoms with E-state index in [4.69, 9.17) is 13.9 Å². The highest BCUT2D eigenvalue weighted by Gasteiger charge is 2.23. The molecule has 0 saturated carbocycles. The molecule has 140 valence electrons. The van der Waals surface area contributed by atoms with Crippen molar-refractivity contribution in [2.24, 2.45) is 0 Å². The fraction of sp³-hybridized carbons (Fsp3) is 0.389. The van der Waals surface area contributed by atoms with Crippen LogP contribution in [0, 0.1) is 27.7 Å². The van der Waals surface area contributed by atoms with Gasteiger partial charge in [-0.25, -0.2) is 9.59 Å². The molecule has 2 heterocycles. The average molecular weight is 379 g/mol. The number of carbonyl (C=O) groups excluding carboxylic acids is 3. The number of rotatable bonds is 6. The fourth-order valence-corrected chi connectivity index (χ4v) is 3.43. The lowest BCUT2D eigenvalue weighted by Crippen LogP contribution is -2.21. The number of anilines is 1. The Morgan fingerprint density at radius 1 is 1.12 bits per heavy atom. The van der Waals surface area contributed by atoms with E-state index in [0.717, 1.165) is 10.4 Å². The molecule has 0 aliphatic rings. The van der Waals surface area contributed by atoms with E-state index in [-0.39, 0.29) is 12.2 Å². The summed E-state index contributed by atoms with van der Waals surface area (Å²) < 4.78 is 15.3. The van der Waals surface area contributed by atoms with Crippen molar-refractivity contribution in [2.75, 3.05) is 18.5 Å². The van der Waals surface area contributed by atoms with Crippen molar-refractivity contribution >= 4 is 34.2 Å². The second-order valence-corrected chi connectivity index (χ2v) is 6.88. The van der Waals surface area contributed by atoms with Gasteiger partial charge in [0, 0.05) is 4.88 Å². The third-order valence-electron chi connectivity index (χ3n) is 3.71. The highest BCUT2D eigenvalue weighted by molar-refractivity contribution is 7.16. The number of carbonyl (C=O) groups is 3. The van der Waals surface area contributed by atoms with E-state index in [9.17, 15) is 14.4 Å². The third kappa shape index (κ3) is 4.32. The van der Waals surface area contributed by atoms with Crippen molar-refractivity contribution in [2.45, 2.75) is 34.6 Å². The van der Waals surface area contributed by atoms with Crippen molar-refractivity contribution in [3.05, 3.63) is 39.2 Å². The topological polar surface area (TPSA) is 94.8 Å². The average Bonchev–Trinajstić information content (AvgIpc) is 3.04. The maximum atomic E-state index is 12.1. The van der Waals surface area contributed by atoms with Crippen molar-refractivity contribution in [3.63, 3.8) is 0 Å². The van der Waals surface area contributed by atoms with Gasteiger partial charge in [0.05, 0.1) is 12.2 Å². The van der Waals surface area contributed by atoms with Crippen LogP contribution in [-0.4, -0.2) is 31.1 Å². The number of thiophene rings is 1. The quantitative estimate of drug-likeness (QED) is 0.771. The normalized spacial score (nSPS) is 10.5. The molecule has 0 atom stereocenters. The van der Waals surface area contributed by atoms with E-state index in [1.54, 1.807) is 33.8 Å². The molecule has 26 heavy (non-hydrogen) atoms. The number of ether oxygens (including phenoxy) is 2. The van der Waals surface area contributed by atoms with Gasteiger partial charge >= 0.3 is 11.9 Å². The smallest absolute Gasteiger partial charge is 0.342 e. The minimum Gasteiger partial charge on any atom is -0.466 e. The second-order valence-electron chi connectivity index (χ2n) is 5.66. The minimum atomic E-state index is -0.640. The van der Waals surface area contributed by atoms with Crippen LogP contribution in [-0.2, 0) is 14.3 Å². The number of esters is 2. The number of hydrogen-bond donors (Lipinski definition) is 1. The summed E-state index contributed by atoms with van der Waals surface area (Å²) in [5.41, 5.74) is 1.37. The predicted octanol–water partition coefficient (Wildman–Crippen LogP) is 3.55. The molecule has 1 amide bonds. The van der Waals surface area contributed by atoms with E-state index < -0.39 is 24.5 Å². The summed E-state index contributed by atoms with van der Waals surface area (Å²) in [6.07, 6.45) is 0. The molecule has 0 spiro atoms. The van der Waals surface area contributed by atoms with Crippen LogP contribution in [0.2, 0.25) is 0 Å². The number of hydrogen-bond acceptors (Lipinski definition) is 7. The molecule has 0 aliphatic heterocycles. The van der Waals surface area contributed by atoms with Crippen molar-refractivity contribution in [1.82, 2.24) is 0 Å². The summed E-state index contributed by atoms with van der Waals surface area (Å²) in [7, 11) is 0. The molecule has 7 nitrogen and oxygen atoms in total. The van der Waals surface area contributed by atoms with Crippen LogP contribution in [0.1, 0.15) is 49.6 Å². The van der Waals surface area contributed by atoms with Gasteiger partial charge < -0.3 is 19.2 Å². The highest BCUT2D eigenvalue weighted by Crippen LogP contribution is 2.33. The molecule has 1 N–H and O–H groups in total. The minimum absolute atomic E-state index is 0.238. The van der Waals surface area contributed by atoms with Gasteiger partial charge in [0.2, 0.25) is 0 Å². The Hall–Kier alpha value is -2.61. The largest absolute Gasteiger partial charge is 0.466 e. The molecular formula is C18H21NO6S. The molecule has 0 aliphatic carbocycles. The third-order valence-corrected chi connectivity index (χ3v) is 4.84. The summed E-state index contributed by atoms with van der Waals surface area (Å²) in [6.45, 7) is 8.48. The Labute approximate surface area is 155 Å². The van der Waals surface area contributed by atoms with Crippen LogP contribution in [0.5, 0.6) is 0 Å². The maximum Gasteiger partial charge on any atom is 0.342 e. The van der Waals surface area contributed by atoms with Crippen LogP contribution in [0.25, 0.3) is 0 Å². The van der Waals surface area contributed by atoms with E-state index in [1.165, 1.54) is 11.3 Å². The molecule has 0 aromatic carbocycles. The first-order valence-corrected chi connectivity index (χ1v) is 8.87. The Kier molecular flexibility index (Phi) is 6.20. The first-order valence-electron chi connectivity index (χ1n) is 8.05. The molecule has 0 bridgehead atoms. The van der Waals surface area contributed by atoms with Crippen LogP contribution in [0.4, 0.5) is 5.00 Å². The van der Waals surface area contributed by atoms with Crippen LogP contribution < -0.4 is 5.32 Å². The Bertz CT molecular complexity index is 848. The van der Waals surface area contributed by atoms with Gasteiger partial charge in [0.15, 0.2) is 6.61 Å². The molecule has 2 aromatic rings. The number of nitrogens with one attached hydrogen (secondary N) is 1. The summed E-state index contributed by atoms with van der Waals surface area (Å²) in [5.74, 6) is -0.655. The van der Waals surface area contributed by atoms with E-state index in [2.05, 4.69) is 5.32 Å². The number of amides is 1. The standard InChI is InChI=1S/C18H21NO6S/c1-6-23-18(22)15-10(3)12(5)26-16(15)19-14(20)8-24-17(21)13-7-9(2)25-11(13)4/h7H,6,8H2,1-5H3,(H,19,20). The monoisotopic (exact) mass is 379 g/mol. The van der Waals surface area contributed by atoms with Gasteiger partial charge in [-0.05, 0) is 46.2 Å². The number of aryl methyl sites for hydroxylation is 3. The van der Waals surface area contributed by atoms with E-state index in [1.807, 2.05) is 6.92 Å². The van der Waals surface area contributed by atoms with Crippen LogP contribution in [0.3, 0.4) is 0 Å². The highest BCUT2D eigenvalue weighted by atomic mass is 32.1. The molecule has 2 aromatic heterocycles. The molecule has 0 radical (unpaired) electrons. The zero-order valence-electron chi connectivity index (χ0n) is 15.3. The van der Waals surface area contributed by atoms with Gasteiger partial charge in [-0.1, -0.05) is 0 Å². The Morgan fingerprint density at radius 2 is 1.81 bits per heavy atom. The van der Waals surface area contributed by atoms with Crippen LogP contribution in [0.15, 0.2) is 10.5 Å². The van der Waals surface area contributed by atoms with Gasteiger partial charge in [0.25, 0.3) is 5.91 Å². The first-order chi connectivity index (χ1) is 12.2. The predicted molar refractivity (Wildman–Crippen MR) is 96.8 cm³/mol. The second kappa shape index (κ2) is 8.18. The van der Waals surface area contributed by atoms with Gasteiger partial charge in [0.1, 0.15) is 22.1 Å². The zero-order chi connectivity index (χ0) is 19.4.